The van der Waals surface area contributed by atoms with Gasteiger partial charge >= 0.3 is 0 Å². The van der Waals surface area contributed by atoms with Crippen LogP contribution >= 0.6 is 0 Å². The summed E-state index contributed by atoms with van der Waals surface area (Å²) in [5.41, 5.74) is 4.55. The molecule has 0 N–H and O–H groups in total. The third kappa shape index (κ3) is 4.41. The third-order valence-corrected chi connectivity index (χ3v) is 8.46. The summed E-state index contributed by atoms with van der Waals surface area (Å²) in [4.78, 5) is 0. The van der Waals surface area contributed by atoms with Gasteiger partial charge in [0.1, 0.15) is 71.8 Å². The standard InChI is InChI=1S/C40H10N10/c41-11-25-5-23(6-26(12-42)35(25)19-49)21-1-3-31-33(9-21)39-38(30(17-47)18-48)32-4-2-22(10-34(32)40(39)37(31)29(15-45)16-46)24-7-27(13-43)36(20-50)28(8-24)14-44/h1-10H. The molecule has 0 atom stereocenters. The molecule has 0 aromatic heterocycles. The lowest BCUT2D eigenvalue weighted by molar-refractivity contribution is 1.39. The lowest BCUT2D eigenvalue weighted by Crippen LogP contribution is -1.98. The summed E-state index contributed by atoms with van der Waals surface area (Å²) in [6.07, 6.45) is 0. The molecule has 2 aliphatic rings. The first-order valence-electron chi connectivity index (χ1n) is 14.3. The highest BCUT2D eigenvalue weighted by molar-refractivity contribution is 6.38. The first kappa shape index (κ1) is 31.0. The Hall–Kier alpha value is -9.00. The second kappa shape index (κ2) is 12.1. The highest BCUT2D eigenvalue weighted by atomic mass is 14.4. The van der Waals surface area contributed by atoms with E-state index >= 15 is 0 Å². The van der Waals surface area contributed by atoms with E-state index in [2.05, 4.69) is 0 Å². The quantitative estimate of drug-likeness (QED) is 0.210. The van der Waals surface area contributed by atoms with Crippen molar-refractivity contribution < 1.29 is 0 Å². The zero-order valence-electron chi connectivity index (χ0n) is 25.2. The van der Waals surface area contributed by atoms with Crippen molar-refractivity contribution in [3.05, 3.63) is 127 Å². The van der Waals surface area contributed by atoms with Crippen LogP contribution in [0.3, 0.4) is 0 Å². The minimum atomic E-state index is -0.231. The Morgan fingerprint density at radius 1 is 0.340 bits per heavy atom. The molecule has 0 radical (unpaired) electrons. The first-order chi connectivity index (χ1) is 24.4. The Kier molecular flexibility index (Phi) is 7.48. The molecule has 0 aliphatic heterocycles. The van der Waals surface area contributed by atoms with Gasteiger partial charge in [0.15, 0.2) is 0 Å². The van der Waals surface area contributed by atoms with E-state index in [1.807, 2.05) is 60.7 Å². The molecule has 0 spiro atoms. The Morgan fingerprint density at radius 3 is 0.920 bits per heavy atom. The third-order valence-electron chi connectivity index (χ3n) is 8.46. The van der Waals surface area contributed by atoms with Gasteiger partial charge in [0.2, 0.25) is 0 Å². The number of nitrogens with zero attached hydrogens (tertiary/aromatic N) is 10. The second-order valence-electron chi connectivity index (χ2n) is 10.8. The van der Waals surface area contributed by atoms with Crippen LogP contribution in [0.15, 0.2) is 71.8 Å². The minimum absolute atomic E-state index is 0.00154. The van der Waals surface area contributed by atoms with Crippen molar-refractivity contribution in [2.24, 2.45) is 0 Å². The molecule has 10 heteroatoms. The number of allylic oxidation sites excluding steroid dienone is 6. The average Bonchev–Trinajstić information content (AvgIpc) is 3.66. The molecule has 4 aromatic rings. The molecular formula is C40H10N10. The van der Waals surface area contributed by atoms with E-state index in [-0.39, 0.29) is 55.7 Å². The van der Waals surface area contributed by atoms with E-state index in [1.165, 1.54) is 24.3 Å². The largest absolute Gasteiger partial charge is 0.192 e. The van der Waals surface area contributed by atoms with E-state index in [0.29, 0.717) is 55.7 Å². The average molecular weight is 631 g/mol. The van der Waals surface area contributed by atoms with Crippen molar-refractivity contribution in [3.63, 3.8) is 0 Å². The molecule has 4 aromatic carbocycles. The number of fused-ring (bicyclic) bond motifs is 4. The zero-order valence-corrected chi connectivity index (χ0v) is 25.2. The maximum absolute atomic E-state index is 10.1. The topological polar surface area (TPSA) is 238 Å². The Labute approximate surface area is 284 Å². The van der Waals surface area contributed by atoms with Gasteiger partial charge in [-0.2, -0.15) is 52.6 Å². The summed E-state index contributed by atoms with van der Waals surface area (Å²) in [6, 6.07) is 35.5. The summed E-state index contributed by atoms with van der Waals surface area (Å²) in [5, 5.41) is 98.3. The van der Waals surface area contributed by atoms with Gasteiger partial charge in [-0.15, -0.1) is 0 Å². The van der Waals surface area contributed by atoms with Crippen LogP contribution in [0.25, 0.3) is 44.5 Å². The molecule has 0 heterocycles. The van der Waals surface area contributed by atoms with Gasteiger partial charge in [0.05, 0.1) is 33.4 Å². The Morgan fingerprint density at radius 2 is 0.660 bits per heavy atom. The predicted octanol–water partition coefficient (Wildman–Crippen LogP) is 6.79. The number of benzene rings is 4. The monoisotopic (exact) mass is 630 g/mol. The fourth-order valence-corrected chi connectivity index (χ4v) is 6.36. The van der Waals surface area contributed by atoms with Crippen LogP contribution in [0, 0.1) is 113 Å². The molecule has 10 nitrogen and oxygen atoms in total. The van der Waals surface area contributed by atoms with E-state index in [9.17, 15) is 52.6 Å². The molecule has 0 saturated heterocycles. The number of hydrogen-bond donors (Lipinski definition) is 0. The summed E-state index contributed by atoms with van der Waals surface area (Å²) in [7, 11) is 0. The minimum Gasteiger partial charge on any atom is -0.192 e. The summed E-state index contributed by atoms with van der Waals surface area (Å²) in [5.74, 6) is 0. The van der Waals surface area contributed by atoms with Gasteiger partial charge in [-0.3, -0.25) is 0 Å². The molecule has 0 saturated carbocycles. The highest BCUT2D eigenvalue weighted by Crippen LogP contribution is 2.59. The number of hydrogen-bond acceptors (Lipinski definition) is 10. The van der Waals surface area contributed by atoms with Crippen LogP contribution in [0.5, 0.6) is 0 Å². The maximum atomic E-state index is 10.1. The molecule has 2 aliphatic carbocycles. The van der Waals surface area contributed by atoms with Crippen molar-refractivity contribution in [1.29, 1.82) is 52.6 Å². The van der Waals surface area contributed by atoms with Crippen LogP contribution in [-0.4, -0.2) is 0 Å². The molecule has 0 fully saturated rings. The maximum Gasteiger partial charge on any atom is 0.138 e. The fourth-order valence-electron chi connectivity index (χ4n) is 6.36. The second-order valence-corrected chi connectivity index (χ2v) is 10.8. The van der Waals surface area contributed by atoms with Crippen LogP contribution in [0.2, 0.25) is 0 Å². The van der Waals surface area contributed by atoms with Gasteiger partial charge in [0.25, 0.3) is 0 Å². The first-order valence-corrected chi connectivity index (χ1v) is 14.3. The summed E-state index contributed by atoms with van der Waals surface area (Å²) < 4.78 is 0. The molecule has 0 bridgehead atoms. The van der Waals surface area contributed by atoms with E-state index < -0.39 is 0 Å². The van der Waals surface area contributed by atoms with Crippen LogP contribution in [0.1, 0.15) is 55.6 Å². The van der Waals surface area contributed by atoms with E-state index in [4.69, 9.17) is 0 Å². The number of rotatable bonds is 2. The van der Waals surface area contributed by atoms with Crippen molar-refractivity contribution in [2.75, 3.05) is 0 Å². The van der Waals surface area contributed by atoms with Crippen molar-refractivity contribution in [1.82, 2.24) is 0 Å². The Balaban J connectivity index is 1.70. The number of nitriles is 10. The highest BCUT2D eigenvalue weighted by Gasteiger charge is 2.40. The van der Waals surface area contributed by atoms with Gasteiger partial charge in [-0.25, -0.2) is 0 Å². The van der Waals surface area contributed by atoms with Gasteiger partial charge in [-0.1, -0.05) is 24.3 Å². The lowest BCUT2D eigenvalue weighted by Gasteiger charge is -2.15. The summed E-state index contributed by atoms with van der Waals surface area (Å²) >= 11 is 0. The smallest absolute Gasteiger partial charge is 0.138 e. The molecule has 0 unspecified atom stereocenters. The van der Waals surface area contributed by atoms with Crippen molar-refractivity contribution in [3.8, 4) is 82.9 Å². The predicted molar refractivity (Wildman–Crippen MR) is 175 cm³/mol. The van der Waals surface area contributed by atoms with E-state index in [0.717, 1.165) is 0 Å². The summed E-state index contributed by atoms with van der Waals surface area (Å²) in [6.45, 7) is 0. The lowest BCUT2D eigenvalue weighted by atomic mass is 9.86. The SMILES string of the molecule is N#CC(C#N)=C1C2=C(C(=C(C#N)C#N)c3ccc(-c4cc(C#N)c(C#N)c(C#N)c4)cc32)c2cc(-c3cc(C#N)c(C#N)c(C#N)c3)ccc21. The van der Waals surface area contributed by atoms with E-state index in [1.54, 1.807) is 36.4 Å². The zero-order chi connectivity index (χ0) is 35.7. The molecule has 6 rings (SSSR count). The van der Waals surface area contributed by atoms with Gasteiger partial charge in [-0.05, 0) is 80.9 Å². The molecule has 50 heavy (non-hydrogen) atoms. The van der Waals surface area contributed by atoms with Crippen LogP contribution in [-0.2, 0) is 0 Å². The Bertz CT molecular complexity index is 2560. The fraction of sp³-hybridized carbons (Fsp3) is 0. The van der Waals surface area contributed by atoms with Crippen LogP contribution < -0.4 is 0 Å². The normalized spacial score (nSPS) is 11.2. The van der Waals surface area contributed by atoms with Gasteiger partial charge < -0.3 is 0 Å². The molecule has 0 amide bonds. The van der Waals surface area contributed by atoms with Crippen molar-refractivity contribution in [2.45, 2.75) is 0 Å². The molecular weight excluding hydrogens is 621 g/mol. The molecule has 220 valence electrons. The van der Waals surface area contributed by atoms with Gasteiger partial charge in [0, 0.05) is 22.3 Å². The van der Waals surface area contributed by atoms with Crippen LogP contribution in [0.4, 0.5) is 0 Å². The van der Waals surface area contributed by atoms with Crippen molar-refractivity contribution >= 4 is 22.3 Å².